The quantitative estimate of drug-likeness (QED) is 0.875. The summed E-state index contributed by atoms with van der Waals surface area (Å²) in [5, 5.41) is 3.34. The van der Waals surface area contributed by atoms with E-state index in [1.807, 2.05) is 0 Å². The van der Waals surface area contributed by atoms with Crippen molar-refractivity contribution in [2.45, 2.75) is 31.1 Å². The molecule has 1 saturated carbocycles. The fourth-order valence-corrected chi connectivity index (χ4v) is 3.04. The first-order valence-electron chi connectivity index (χ1n) is 7.00. The minimum atomic E-state index is 0.705. The van der Waals surface area contributed by atoms with Gasteiger partial charge in [0.25, 0.3) is 0 Å². The first-order valence-corrected chi connectivity index (χ1v) is 7.00. The van der Waals surface area contributed by atoms with Gasteiger partial charge in [0.15, 0.2) is 0 Å². The van der Waals surface area contributed by atoms with Crippen LogP contribution in [-0.4, -0.2) is 22.6 Å². The molecular weight excluding hydrogens is 222 g/mol. The van der Waals surface area contributed by atoms with Gasteiger partial charge in [0.05, 0.1) is 11.0 Å². The van der Waals surface area contributed by atoms with E-state index in [4.69, 9.17) is 4.98 Å². The monoisotopic (exact) mass is 241 g/mol. The van der Waals surface area contributed by atoms with Gasteiger partial charge < -0.3 is 9.88 Å². The summed E-state index contributed by atoms with van der Waals surface area (Å²) in [6.45, 7) is 2.25. The highest BCUT2D eigenvalue weighted by atomic mass is 15.1. The van der Waals surface area contributed by atoms with Crippen LogP contribution < -0.4 is 5.32 Å². The smallest absolute Gasteiger partial charge is 0.112 e. The Morgan fingerprint density at radius 3 is 2.67 bits per heavy atom. The number of hydrogen-bond acceptors (Lipinski definition) is 2. The maximum Gasteiger partial charge on any atom is 0.112 e. The molecule has 1 aromatic carbocycles. The van der Waals surface area contributed by atoms with Crippen LogP contribution in [0.5, 0.6) is 0 Å². The van der Waals surface area contributed by atoms with Crippen LogP contribution in [0, 0.1) is 0 Å². The van der Waals surface area contributed by atoms with Crippen molar-refractivity contribution in [2.24, 2.45) is 7.05 Å². The molecule has 0 amide bonds. The van der Waals surface area contributed by atoms with Gasteiger partial charge in [-0.2, -0.15) is 0 Å². The van der Waals surface area contributed by atoms with E-state index in [0.29, 0.717) is 11.8 Å². The molecule has 1 aliphatic heterocycles. The van der Waals surface area contributed by atoms with Gasteiger partial charge >= 0.3 is 0 Å². The molecule has 1 aliphatic carbocycles. The summed E-state index contributed by atoms with van der Waals surface area (Å²) in [5.41, 5.74) is 3.93. The SMILES string of the molecule is Cn1c(C2CCC2)nc2ccc(C3CNC3)cc21. The highest BCUT2D eigenvalue weighted by molar-refractivity contribution is 5.77. The van der Waals surface area contributed by atoms with Crippen LogP contribution >= 0.6 is 0 Å². The zero-order valence-electron chi connectivity index (χ0n) is 10.8. The molecule has 2 aliphatic rings. The Morgan fingerprint density at radius 1 is 1.22 bits per heavy atom. The van der Waals surface area contributed by atoms with Crippen molar-refractivity contribution >= 4 is 11.0 Å². The van der Waals surface area contributed by atoms with Gasteiger partial charge in [-0.05, 0) is 30.5 Å². The Kier molecular flexibility index (Phi) is 2.24. The van der Waals surface area contributed by atoms with Crippen molar-refractivity contribution in [2.75, 3.05) is 13.1 Å². The van der Waals surface area contributed by atoms with Gasteiger partial charge in [-0.3, -0.25) is 0 Å². The predicted octanol–water partition coefficient (Wildman–Crippen LogP) is 2.53. The van der Waals surface area contributed by atoms with Gasteiger partial charge in [-0.25, -0.2) is 4.98 Å². The number of fused-ring (bicyclic) bond motifs is 1. The van der Waals surface area contributed by atoms with Crippen molar-refractivity contribution in [1.29, 1.82) is 0 Å². The number of benzene rings is 1. The van der Waals surface area contributed by atoms with E-state index in [1.54, 1.807) is 0 Å². The van der Waals surface area contributed by atoms with Gasteiger partial charge in [0, 0.05) is 32.0 Å². The van der Waals surface area contributed by atoms with E-state index in [-0.39, 0.29) is 0 Å². The molecule has 3 heteroatoms. The third-order valence-electron chi connectivity index (χ3n) is 4.66. The molecule has 1 saturated heterocycles. The largest absolute Gasteiger partial charge is 0.331 e. The molecule has 2 heterocycles. The maximum atomic E-state index is 4.83. The minimum Gasteiger partial charge on any atom is -0.331 e. The molecule has 94 valence electrons. The lowest BCUT2D eigenvalue weighted by molar-refractivity contribution is 0.394. The zero-order chi connectivity index (χ0) is 12.1. The highest BCUT2D eigenvalue weighted by Crippen LogP contribution is 2.37. The normalized spacial score (nSPS) is 20.9. The third kappa shape index (κ3) is 1.43. The first kappa shape index (κ1) is 10.6. The highest BCUT2D eigenvalue weighted by Gasteiger charge is 2.25. The summed E-state index contributed by atoms with van der Waals surface area (Å²) in [6, 6.07) is 6.80. The van der Waals surface area contributed by atoms with E-state index < -0.39 is 0 Å². The van der Waals surface area contributed by atoms with Crippen molar-refractivity contribution in [3.05, 3.63) is 29.6 Å². The minimum absolute atomic E-state index is 0.705. The van der Waals surface area contributed by atoms with Crippen LogP contribution in [0.25, 0.3) is 11.0 Å². The predicted molar refractivity (Wildman–Crippen MR) is 72.9 cm³/mol. The van der Waals surface area contributed by atoms with Crippen LogP contribution in [-0.2, 0) is 7.05 Å². The molecule has 1 N–H and O–H groups in total. The summed E-state index contributed by atoms with van der Waals surface area (Å²) in [4.78, 5) is 4.83. The number of hydrogen-bond donors (Lipinski definition) is 1. The lowest BCUT2D eigenvalue weighted by atomic mass is 9.85. The van der Waals surface area contributed by atoms with E-state index in [2.05, 4.69) is 35.1 Å². The van der Waals surface area contributed by atoms with E-state index in [1.165, 1.54) is 36.2 Å². The van der Waals surface area contributed by atoms with Crippen LogP contribution in [0.15, 0.2) is 18.2 Å². The fourth-order valence-electron chi connectivity index (χ4n) is 3.04. The van der Waals surface area contributed by atoms with Crippen molar-refractivity contribution in [1.82, 2.24) is 14.9 Å². The van der Waals surface area contributed by atoms with E-state index in [0.717, 1.165) is 18.6 Å². The summed E-state index contributed by atoms with van der Waals surface area (Å²) >= 11 is 0. The topological polar surface area (TPSA) is 29.9 Å². The first-order chi connectivity index (χ1) is 8.83. The lowest BCUT2D eigenvalue weighted by Crippen LogP contribution is -2.39. The standard InChI is InChI=1S/C15H19N3/c1-18-14-7-11(12-8-16-9-12)5-6-13(14)17-15(18)10-3-2-4-10/h5-7,10,12,16H,2-4,8-9H2,1H3. The number of nitrogens with zero attached hydrogens (tertiary/aromatic N) is 2. The number of aryl methyl sites for hydroxylation is 1. The molecule has 0 bridgehead atoms. The molecule has 2 fully saturated rings. The van der Waals surface area contributed by atoms with Crippen molar-refractivity contribution in [3.8, 4) is 0 Å². The van der Waals surface area contributed by atoms with Crippen LogP contribution in [0.3, 0.4) is 0 Å². The van der Waals surface area contributed by atoms with Crippen LogP contribution in [0.4, 0.5) is 0 Å². The second kappa shape index (κ2) is 3.82. The number of imidazole rings is 1. The molecule has 1 aromatic heterocycles. The Labute approximate surface area is 107 Å². The number of nitrogens with one attached hydrogen (secondary N) is 1. The Balaban J connectivity index is 1.80. The zero-order valence-corrected chi connectivity index (χ0v) is 10.8. The number of aromatic nitrogens is 2. The van der Waals surface area contributed by atoms with Crippen molar-refractivity contribution < 1.29 is 0 Å². The average Bonchev–Trinajstić information content (AvgIpc) is 2.53. The molecule has 4 rings (SSSR count). The third-order valence-corrected chi connectivity index (χ3v) is 4.66. The van der Waals surface area contributed by atoms with E-state index >= 15 is 0 Å². The second-order valence-corrected chi connectivity index (χ2v) is 5.76. The average molecular weight is 241 g/mol. The summed E-state index contributed by atoms with van der Waals surface area (Å²) in [5.74, 6) is 2.70. The molecule has 0 atom stereocenters. The Bertz CT molecular complexity index is 591. The van der Waals surface area contributed by atoms with Gasteiger partial charge in [0.1, 0.15) is 5.82 Å². The second-order valence-electron chi connectivity index (χ2n) is 5.76. The molecule has 0 radical (unpaired) electrons. The maximum absolute atomic E-state index is 4.83. The van der Waals surface area contributed by atoms with Gasteiger partial charge in [-0.1, -0.05) is 12.5 Å². The Hall–Kier alpha value is -1.35. The summed E-state index contributed by atoms with van der Waals surface area (Å²) in [6.07, 6.45) is 4.00. The molecule has 0 spiro atoms. The fraction of sp³-hybridized carbons (Fsp3) is 0.533. The lowest BCUT2D eigenvalue weighted by Gasteiger charge is -2.27. The number of rotatable bonds is 2. The van der Waals surface area contributed by atoms with Crippen LogP contribution in [0.1, 0.15) is 42.5 Å². The van der Waals surface area contributed by atoms with E-state index in [9.17, 15) is 0 Å². The van der Waals surface area contributed by atoms with Gasteiger partial charge in [0.2, 0.25) is 0 Å². The molecular formula is C15H19N3. The van der Waals surface area contributed by atoms with Crippen molar-refractivity contribution in [3.63, 3.8) is 0 Å². The molecule has 3 nitrogen and oxygen atoms in total. The molecule has 2 aromatic rings. The molecule has 0 unspecified atom stereocenters. The van der Waals surface area contributed by atoms with Crippen LogP contribution in [0.2, 0.25) is 0 Å². The molecule has 18 heavy (non-hydrogen) atoms. The van der Waals surface area contributed by atoms with Gasteiger partial charge in [-0.15, -0.1) is 0 Å². The summed E-state index contributed by atoms with van der Waals surface area (Å²) < 4.78 is 2.31. The summed E-state index contributed by atoms with van der Waals surface area (Å²) in [7, 11) is 2.17. The Morgan fingerprint density at radius 2 is 2.06 bits per heavy atom.